The van der Waals surface area contributed by atoms with E-state index in [1.807, 2.05) is 24.3 Å². The molecule has 0 fully saturated rings. The Morgan fingerprint density at radius 1 is 1.39 bits per heavy atom. The summed E-state index contributed by atoms with van der Waals surface area (Å²) in [5, 5.41) is 4.01. The molecule has 1 unspecified atom stereocenters. The first-order valence-corrected chi connectivity index (χ1v) is 6.81. The quantitative estimate of drug-likeness (QED) is 0.922. The van der Waals surface area contributed by atoms with E-state index in [1.54, 1.807) is 0 Å². The van der Waals surface area contributed by atoms with Crippen LogP contribution in [0.2, 0.25) is 0 Å². The summed E-state index contributed by atoms with van der Waals surface area (Å²) >= 11 is 3.48. The van der Waals surface area contributed by atoms with Crippen LogP contribution >= 0.6 is 15.9 Å². The minimum absolute atomic E-state index is 0.400. The third-order valence-electron chi connectivity index (χ3n) is 2.96. The van der Waals surface area contributed by atoms with Crippen molar-refractivity contribution >= 4 is 15.9 Å². The van der Waals surface area contributed by atoms with Crippen LogP contribution in [0.1, 0.15) is 19.2 Å². The average molecular weight is 310 g/mol. The molecule has 1 heterocycles. The SMILES string of the molecule is CCC(CN)Cc1nc(-c2ccccc2Br)no1. The topological polar surface area (TPSA) is 64.9 Å². The van der Waals surface area contributed by atoms with E-state index in [9.17, 15) is 0 Å². The van der Waals surface area contributed by atoms with Crippen LogP contribution < -0.4 is 5.73 Å². The highest BCUT2D eigenvalue weighted by Crippen LogP contribution is 2.25. The largest absolute Gasteiger partial charge is 0.339 e. The molecule has 0 amide bonds. The Balaban J connectivity index is 2.18. The maximum atomic E-state index is 5.68. The molecule has 96 valence electrons. The van der Waals surface area contributed by atoms with E-state index in [4.69, 9.17) is 10.3 Å². The Bertz CT molecular complexity index is 508. The van der Waals surface area contributed by atoms with Crippen LogP contribution in [0, 0.1) is 5.92 Å². The summed E-state index contributed by atoms with van der Waals surface area (Å²) in [7, 11) is 0. The number of halogens is 1. The van der Waals surface area contributed by atoms with Crippen molar-refractivity contribution in [1.82, 2.24) is 10.1 Å². The normalized spacial score (nSPS) is 12.6. The molecule has 2 aromatic rings. The molecule has 0 aliphatic heterocycles. The van der Waals surface area contributed by atoms with E-state index in [2.05, 4.69) is 33.0 Å². The summed E-state index contributed by atoms with van der Waals surface area (Å²) in [6, 6.07) is 7.82. The van der Waals surface area contributed by atoms with Gasteiger partial charge in [0.2, 0.25) is 11.7 Å². The van der Waals surface area contributed by atoms with Crippen LogP contribution in [0.4, 0.5) is 0 Å². The fraction of sp³-hybridized carbons (Fsp3) is 0.385. The van der Waals surface area contributed by atoms with Crippen LogP contribution in [-0.4, -0.2) is 16.7 Å². The third-order valence-corrected chi connectivity index (χ3v) is 3.65. The summed E-state index contributed by atoms with van der Waals surface area (Å²) in [6.07, 6.45) is 1.76. The Kier molecular flexibility index (Phi) is 4.49. The van der Waals surface area contributed by atoms with Gasteiger partial charge in [-0.1, -0.05) is 46.6 Å². The molecule has 5 heteroatoms. The van der Waals surface area contributed by atoms with Crippen molar-refractivity contribution < 1.29 is 4.52 Å². The highest BCUT2D eigenvalue weighted by molar-refractivity contribution is 9.10. The fourth-order valence-corrected chi connectivity index (χ4v) is 2.19. The van der Waals surface area contributed by atoms with Gasteiger partial charge in [-0.3, -0.25) is 0 Å². The van der Waals surface area contributed by atoms with Gasteiger partial charge >= 0.3 is 0 Å². The number of rotatable bonds is 5. The third kappa shape index (κ3) is 2.97. The van der Waals surface area contributed by atoms with Gasteiger partial charge in [0.25, 0.3) is 0 Å². The Hall–Kier alpha value is -1.20. The molecule has 2 N–H and O–H groups in total. The molecule has 1 aromatic heterocycles. The molecule has 1 atom stereocenters. The molecule has 0 bridgehead atoms. The van der Waals surface area contributed by atoms with E-state index in [0.717, 1.165) is 22.9 Å². The van der Waals surface area contributed by atoms with Crippen molar-refractivity contribution in [2.24, 2.45) is 11.7 Å². The van der Waals surface area contributed by atoms with Crippen molar-refractivity contribution in [2.45, 2.75) is 19.8 Å². The van der Waals surface area contributed by atoms with Crippen molar-refractivity contribution in [1.29, 1.82) is 0 Å². The molecular weight excluding hydrogens is 294 g/mol. The highest BCUT2D eigenvalue weighted by Gasteiger charge is 2.14. The molecule has 4 nitrogen and oxygen atoms in total. The lowest BCUT2D eigenvalue weighted by atomic mass is 10.0. The minimum atomic E-state index is 0.400. The van der Waals surface area contributed by atoms with Crippen LogP contribution in [-0.2, 0) is 6.42 Å². The number of aromatic nitrogens is 2. The van der Waals surface area contributed by atoms with Crippen LogP contribution in [0.15, 0.2) is 33.3 Å². The van der Waals surface area contributed by atoms with Gasteiger partial charge in [-0.2, -0.15) is 4.98 Å². The Morgan fingerprint density at radius 3 is 2.83 bits per heavy atom. The lowest BCUT2D eigenvalue weighted by Gasteiger charge is -2.07. The Morgan fingerprint density at radius 2 is 2.17 bits per heavy atom. The number of hydrogen-bond donors (Lipinski definition) is 1. The van der Waals surface area contributed by atoms with Crippen LogP contribution in [0.5, 0.6) is 0 Å². The van der Waals surface area contributed by atoms with Gasteiger partial charge in [0.05, 0.1) is 0 Å². The standard InChI is InChI=1S/C13H16BrN3O/c1-2-9(8-15)7-12-16-13(17-18-12)10-5-3-4-6-11(10)14/h3-6,9H,2,7-8,15H2,1H3. The molecular formula is C13H16BrN3O. The van der Waals surface area contributed by atoms with E-state index in [0.29, 0.717) is 24.2 Å². The molecule has 0 aliphatic carbocycles. The predicted octanol–water partition coefficient (Wildman–Crippen LogP) is 3.03. The number of nitrogens with zero attached hydrogens (tertiary/aromatic N) is 2. The first kappa shape index (κ1) is 13.2. The zero-order valence-electron chi connectivity index (χ0n) is 10.3. The maximum Gasteiger partial charge on any atom is 0.227 e. The molecule has 18 heavy (non-hydrogen) atoms. The monoisotopic (exact) mass is 309 g/mol. The van der Waals surface area contributed by atoms with Crippen molar-refractivity contribution in [3.8, 4) is 11.4 Å². The summed E-state index contributed by atoms with van der Waals surface area (Å²) in [6.45, 7) is 2.76. The molecule has 0 aliphatic rings. The van der Waals surface area contributed by atoms with Gasteiger partial charge in [-0.05, 0) is 24.6 Å². The molecule has 1 aromatic carbocycles. The van der Waals surface area contributed by atoms with Gasteiger partial charge in [0.15, 0.2) is 0 Å². The maximum absolute atomic E-state index is 5.68. The lowest BCUT2D eigenvalue weighted by Crippen LogP contribution is -2.15. The van der Waals surface area contributed by atoms with Gasteiger partial charge in [-0.25, -0.2) is 0 Å². The lowest BCUT2D eigenvalue weighted by molar-refractivity contribution is 0.350. The fourth-order valence-electron chi connectivity index (χ4n) is 1.73. The van der Waals surface area contributed by atoms with Gasteiger partial charge in [0.1, 0.15) is 0 Å². The van der Waals surface area contributed by atoms with E-state index in [1.165, 1.54) is 0 Å². The first-order valence-electron chi connectivity index (χ1n) is 6.02. The minimum Gasteiger partial charge on any atom is -0.339 e. The van der Waals surface area contributed by atoms with Crippen molar-refractivity contribution in [3.63, 3.8) is 0 Å². The zero-order chi connectivity index (χ0) is 13.0. The molecule has 0 saturated carbocycles. The van der Waals surface area contributed by atoms with Crippen LogP contribution in [0.3, 0.4) is 0 Å². The van der Waals surface area contributed by atoms with Crippen LogP contribution in [0.25, 0.3) is 11.4 Å². The number of nitrogens with two attached hydrogens (primary N) is 1. The van der Waals surface area contributed by atoms with Gasteiger partial charge in [0, 0.05) is 16.5 Å². The second-order valence-corrected chi connectivity index (χ2v) is 5.06. The summed E-state index contributed by atoms with van der Waals surface area (Å²) in [5.74, 6) is 1.67. The number of benzene rings is 1. The molecule has 0 saturated heterocycles. The average Bonchev–Trinajstić information content (AvgIpc) is 2.85. The molecule has 0 spiro atoms. The summed E-state index contributed by atoms with van der Waals surface area (Å²) in [4.78, 5) is 4.41. The Labute approximate surface area is 115 Å². The summed E-state index contributed by atoms with van der Waals surface area (Å²) < 4.78 is 6.23. The van der Waals surface area contributed by atoms with Gasteiger partial charge in [-0.15, -0.1) is 0 Å². The highest BCUT2D eigenvalue weighted by atomic mass is 79.9. The van der Waals surface area contributed by atoms with E-state index >= 15 is 0 Å². The smallest absolute Gasteiger partial charge is 0.227 e. The van der Waals surface area contributed by atoms with Crippen molar-refractivity contribution in [2.75, 3.05) is 6.54 Å². The second kappa shape index (κ2) is 6.11. The van der Waals surface area contributed by atoms with E-state index in [-0.39, 0.29) is 0 Å². The van der Waals surface area contributed by atoms with Crippen molar-refractivity contribution in [3.05, 3.63) is 34.6 Å². The molecule has 2 rings (SSSR count). The first-order chi connectivity index (χ1) is 8.74. The van der Waals surface area contributed by atoms with Gasteiger partial charge < -0.3 is 10.3 Å². The zero-order valence-corrected chi connectivity index (χ0v) is 11.9. The predicted molar refractivity (Wildman–Crippen MR) is 74.0 cm³/mol. The summed E-state index contributed by atoms with van der Waals surface area (Å²) in [5.41, 5.74) is 6.61. The molecule has 0 radical (unpaired) electrons. The number of hydrogen-bond acceptors (Lipinski definition) is 4. The second-order valence-electron chi connectivity index (χ2n) is 4.21. The van der Waals surface area contributed by atoms with E-state index < -0.39 is 0 Å².